The van der Waals surface area contributed by atoms with Crippen LogP contribution in [0.3, 0.4) is 0 Å². The first-order chi connectivity index (χ1) is 7.77. The molecule has 0 aliphatic carbocycles. The van der Waals surface area contributed by atoms with Gasteiger partial charge in [-0.05, 0) is 25.0 Å². The quantitative estimate of drug-likeness (QED) is 0.881. The average Bonchev–Trinajstić information content (AvgIpc) is 2.68. The molecule has 1 aromatic heterocycles. The van der Waals surface area contributed by atoms with Gasteiger partial charge < -0.3 is 15.4 Å². The third-order valence-electron chi connectivity index (χ3n) is 3.00. The van der Waals surface area contributed by atoms with E-state index in [1.807, 2.05) is 12.1 Å². The van der Waals surface area contributed by atoms with E-state index >= 15 is 0 Å². The Morgan fingerprint density at radius 3 is 2.71 bits per heavy atom. The highest BCUT2D eigenvalue weighted by molar-refractivity contribution is 5.85. The number of hydrogen-bond acceptors (Lipinski definition) is 2. The second-order valence-electron chi connectivity index (χ2n) is 4.01. The van der Waals surface area contributed by atoms with Crippen LogP contribution in [0.15, 0.2) is 30.5 Å². The van der Waals surface area contributed by atoms with Crippen molar-refractivity contribution in [1.82, 2.24) is 4.57 Å². The molecule has 3 N–H and O–H groups in total. The SMILES string of the molecule is CCn1cc(C(N)CCO)c2ccccc21.Cl. The summed E-state index contributed by atoms with van der Waals surface area (Å²) in [5, 5.41) is 10.1. The Morgan fingerprint density at radius 2 is 2.06 bits per heavy atom. The van der Waals surface area contributed by atoms with E-state index in [1.165, 1.54) is 10.9 Å². The molecular weight excluding hydrogens is 236 g/mol. The highest BCUT2D eigenvalue weighted by Crippen LogP contribution is 2.26. The number of benzene rings is 1. The fraction of sp³-hybridized carbons (Fsp3) is 0.385. The van der Waals surface area contributed by atoms with Crippen LogP contribution in [0.25, 0.3) is 10.9 Å². The minimum absolute atomic E-state index is 0. The molecule has 4 heteroatoms. The number of nitrogens with two attached hydrogens (primary N) is 1. The summed E-state index contributed by atoms with van der Waals surface area (Å²) in [4.78, 5) is 0. The molecule has 0 fully saturated rings. The number of nitrogens with zero attached hydrogens (tertiary/aromatic N) is 1. The van der Waals surface area contributed by atoms with Crippen LogP contribution in [0.5, 0.6) is 0 Å². The average molecular weight is 255 g/mol. The van der Waals surface area contributed by atoms with Gasteiger partial charge in [0, 0.05) is 36.3 Å². The maximum absolute atomic E-state index is 8.95. The van der Waals surface area contributed by atoms with E-state index in [0.717, 1.165) is 12.1 Å². The van der Waals surface area contributed by atoms with Crippen molar-refractivity contribution in [2.75, 3.05) is 6.61 Å². The molecule has 0 radical (unpaired) electrons. The van der Waals surface area contributed by atoms with E-state index in [4.69, 9.17) is 10.8 Å². The summed E-state index contributed by atoms with van der Waals surface area (Å²) in [7, 11) is 0. The van der Waals surface area contributed by atoms with Crippen molar-refractivity contribution in [2.24, 2.45) is 5.73 Å². The summed E-state index contributed by atoms with van der Waals surface area (Å²) in [5.74, 6) is 0. The Kier molecular flexibility index (Phi) is 5.00. The summed E-state index contributed by atoms with van der Waals surface area (Å²) >= 11 is 0. The lowest BCUT2D eigenvalue weighted by Gasteiger charge is -2.08. The monoisotopic (exact) mass is 254 g/mol. The number of para-hydroxylation sites is 1. The number of aliphatic hydroxyl groups is 1. The van der Waals surface area contributed by atoms with E-state index in [2.05, 4.69) is 29.8 Å². The van der Waals surface area contributed by atoms with Gasteiger partial charge in [-0.2, -0.15) is 0 Å². The van der Waals surface area contributed by atoms with E-state index in [0.29, 0.717) is 6.42 Å². The van der Waals surface area contributed by atoms with Gasteiger partial charge in [-0.15, -0.1) is 12.4 Å². The number of hydrogen-bond donors (Lipinski definition) is 2. The third-order valence-corrected chi connectivity index (χ3v) is 3.00. The van der Waals surface area contributed by atoms with Crippen LogP contribution in [-0.4, -0.2) is 16.3 Å². The molecule has 0 saturated carbocycles. The van der Waals surface area contributed by atoms with Crippen LogP contribution < -0.4 is 5.73 Å². The van der Waals surface area contributed by atoms with Crippen LogP contribution in [0.1, 0.15) is 24.9 Å². The molecule has 0 saturated heterocycles. The van der Waals surface area contributed by atoms with E-state index < -0.39 is 0 Å². The van der Waals surface area contributed by atoms with Crippen LogP contribution in [-0.2, 0) is 6.54 Å². The summed E-state index contributed by atoms with van der Waals surface area (Å²) in [5.41, 5.74) is 8.41. The molecule has 0 bridgehead atoms. The fourth-order valence-corrected chi connectivity index (χ4v) is 2.13. The van der Waals surface area contributed by atoms with Crippen LogP contribution in [0, 0.1) is 0 Å². The van der Waals surface area contributed by atoms with E-state index in [1.54, 1.807) is 0 Å². The molecule has 3 nitrogen and oxygen atoms in total. The summed E-state index contributed by atoms with van der Waals surface area (Å²) < 4.78 is 2.20. The van der Waals surface area contributed by atoms with Crippen molar-refractivity contribution in [1.29, 1.82) is 0 Å². The number of rotatable bonds is 4. The van der Waals surface area contributed by atoms with Gasteiger partial charge in [0.1, 0.15) is 0 Å². The molecule has 0 spiro atoms. The van der Waals surface area contributed by atoms with Gasteiger partial charge in [0.05, 0.1) is 0 Å². The molecule has 2 aromatic rings. The van der Waals surface area contributed by atoms with E-state index in [9.17, 15) is 0 Å². The maximum Gasteiger partial charge on any atom is 0.0483 e. The molecule has 1 atom stereocenters. The lowest BCUT2D eigenvalue weighted by molar-refractivity contribution is 0.277. The third kappa shape index (κ3) is 2.63. The van der Waals surface area contributed by atoms with Gasteiger partial charge in [0.15, 0.2) is 0 Å². The Bertz CT molecular complexity index is 481. The standard InChI is InChI=1S/C13H18N2O.ClH/c1-2-15-9-11(12(14)7-8-16)10-5-3-4-6-13(10)15;/h3-6,9,12,16H,2,7-8,14H2,1H3;1H. The zero-order valence-corrected chi connectivity index (χ0v) is 10.8. The smallest absolute Gasteiger partial charge is 0.0483 e. The highest BCUT2D eigenvalue weighted by atomic mass is 35.5. The van der Waals surface area contributed by atoms with Gasteiger partial charge in [-0.3, -0.25) is 0 Å². The second kappa shape index (κ2) is 6.05. The summed E-state index contributed by atoms with van der Waals surface area (Å²) in [6.45, 7) is 3.19. The van der Waals surface area contributed by atoms with Gasteiger partial charge in [-0.25, -0.2) is 0 Å². The normalized spacial score (nSPS) is 12.4. The molecular formula is C13H19ClN2O. The number of halogens is 1. The zero-order chi connectivity index (χ0) is 11.5. The molecule has 0 aliphatic heterocycles. The zero-order valence-electron chi connectivity index (χ0n) is 9.97. The largest absolute Gasteiger partial charge is 0.396 e. The summed E-state index contributed by atoms with van der Waals surface area (Å²) in [6, 6.07) is 8.18. The molecule has 17 heavy (non-hydrogen) atoms. The van der Waals surface area contributed by atoms with Gasteiger partial charge >= 0.3 is 0 Å². The van der Waals surface area contributed by atoms with Gasteiger partial charge in [0.2, 0.25) is 0 Å². The van der Waals surface area contributed by atoms with Crippen molar-refractivity contribution in [2.45, 2.75) is 25.9 Å². The number of aliphatic hydroxyl groups excluding tert-OH is 1. The lowest BCUT2D eigenvalue weighted by Crippen LogP contribution is -2.11. The van der Waals surface area contributed by atoms with E-state index in [-0.39, 0.29) is 25.1 Å². The Hall–Kier alpha value is -1.03. The number of fused-ring (bicyclic) bond motifs is 1. The maximum atomic E-state index is 8.95. The first kappa shape index (κ1) is 14.0. The molecule has 2 rings (SSSR count). The molecule has 94 valence electrons. The molecule has 0 aliphatic rings. The second-order valence-corrected chi connectivity index (χ2v) is 4.01. The topological polar surface area (TPSA) is 51.2 Å². The Morgan fingerprint density at radius 1 is 1.35 bits per heavy atom. The predicted octanol–water partition coefficient (Wildman–Crippen LogP) is 2.47. The lowest BCUT2D eigenvalue weighted by atomic mass is 10.0. The molecule has 1 heterocycles. The van der Waals surface area contributed by atoms with Crippen molar-refractivity contribution in [3.63, 3.8) is 0 Å². The number of aryl methyl sites for hydroxylation is 1. The number of aromatic nitrogens is 1. The first-order valence-corrected chi connectivity index (χ1v) is 5.72. The molecule has 1 aromatic carbocycles. The Balaban J connectivity index is 0.00000144. The van der Waals surface area contributed by atoms with Crippen LogP contribution >= 0.6 is 12.4 Å². The van der Waals surface area contributed by atoms with Crippen molar-refractivity contribution < 1.29 is 5.11 Å². The van der Waals surface area contributed by atoms with Crippen molar-refractivity contribution in [3.8, 4) is 0 Å². The van der Waals surface area contributed by atoms with Gasteiger partial charge in [-0.1, -0.05) is 18.2 Å². The minimum Gasteiger partial charge on any atom is -0.396 e. The van der Waals surface area contributed by atoms with Crippen LogP contribution in [0.4, 0.5) is 0 Å². The van der Waals surface area contributed by atoms with Crippen molar-refractivity contribution >= 4 is 23.3 Å². The summed E-state index contributed by atoms with van der Waals surface area (Å²) in [6.07, 6.45) is 2.71. The molecule has 0 amide bonds. The predicted molar refractivity (Wildman–Crippen MR) is 73.5 cm³/mol. The van der Waals surface area contributed by atoms with Crippen LogP contribution in [0.2, 0.25) is 0 Å². The first-order valence-electron chi connectivity index (χ1n) is 5.72. The van der Waals surface area contributed by atoms with Crippen molar-refractivity contribution in [3.05, 3.63) is 36.0 Å². The Labute approximate surface area is 108 Å². The van der Waals surface area contributed by atoms with Gasteiger partial charge in [0.25, 0.3) is 0 Å². The minimum atomic E-state index is -0.0808. The highest BCUT2D eigenvalue weighted by Gasteiger charge is 2.12. The fourth-order valence-electron chi connectivity index (χ4n) is 2.13. The molecule has 1 unspecified atom stereocenters.